The van der Waals surface area contributed by atoms with Gasteiger partial charge in [0, 0.05) is 62.6 Å². The maximum atomic E-state index is 13.6. The highest BCUT2D eigenvalue weighted by Crippen LogP contribution is 2.46. The Morgan fingerprint density at radius 2 is 1.01 bits per heavy atom. The molecule has 29 heteroatoms. The molecular weight excluding hydrogens is 1330 g/mol. The van der Waals surface area contributed by atoms with Crippen molar-refractivity contribution in [1.82, 2.24) is 9.97 Å². The van der Waals surface area contributed by atoms with Crippen molar-refractivity contribution in [3.05, 3.63) is 202 Å². The molecule has 0 bridgehead atoms. The summed E-state index contributed by atoms with van der Waals surface area (Å²) in [4.78, 5) is 36.4. The molecule has 0 saturated carbocycles. The minimum absolute atomic E-state index is 0.0104. The summed E-state index contributed by atoms with van der Waals surface area (Å²) in [5.74, 6) is -2.94. The van der Waals surface area contributed by atoms with Crippen molar-refractivity contribution in [3.63, 3.8) is 0 Å². The number of hydrogen-bond acceptors (Lipinski definition) is 19. The summed E-state index contributed by atoms with van der Waals surface area (Å²) in [6, 6.07) is 37.1. The van der Waals surface area contributed by atoms with Gasteiger partial charge in [0.25, 0.3) is 40.3 Å². The van der Waals surface area contributed by atoms with E-state index in [1.165, 1.54) is 59.9 Å². The summed E-state index contributed by atoms with van der Waals surface area (Å²) >= 11 is 2.36. The average molecular weight is 1380 g/mol. The van der Waals surface area contributed by atoms with Crippen molar-refractivity contribution >= 4 is 156 Å². The zero-order valence-electron chi connectivity index (χ0n) is 50.0. The fraction of sp³-hybridized carbons (Fsp3) is 0.0923. The second kappa shape index (κ2) is 24.1. The van der Waals surface area contributed by atoms with Gasteiger partial charge < -0.3 is 30.6 Å². The smallest absolute Gasteiger partial charge is 0.335 e. The molecular formula is C65H52N8O15S6. The number of para-hydroxylation sites is 1. The lowest BCUT2D eigenvalue weighted by atomic mass is 9.93. The normalized spacial score (nSPS) is 12.4. The van der Waals surface area contributed by atoms with E-state index in [9.17, 15) is 62.6 Å². The summed E-state index contributed by atoms with van der Waals surface area (Å²) < 4.78 is 142. The molecule has 0 atom stereocenters. The van der Waals surface area contributed by atoms with Crippen LogP contribution in [0.5, 0.6) is 0 Å². The Morgan fingerprint density at radius 3 is 1.57 bits per heavy atom. The Bertz CT molecular complexity index is 5710. The fourth-order valence-corrected chi connectivity index (χ4v) is 16.6. The Kier molecular flexibility index (Phi) is 16.4. The molecule has 2 aliphatic rings. The van der Waals surface area contributed by atoms with Gasteiger partial charge in [-0.25, -0.2) is 41.4 Å². The fourth-order valence-electron chi connectivity index (χ4n) is 11.2. The molecule has 0 saturated heterocycles. The summed E-state index contributed by atoms with van der Waals surface area (Å²) in [5, 5.41) is 30.2. The first-order valence-corrected chi connectivity index (χ1v) is 35.6. The number of anilines is 8. The number of hydrogen-bond donors (Lipinski definition) is 9. The molecule has 1 aliphatic heterocycles. The van der Waals surface area contributed by atoms with Crippen LogP contribution in [0.4, 0.5) is 50.1 Å². The minimum atomic E-state index is -5.15. The number of aryl methyl sites for hydroxylation is 4. The van der Waals surface area contributed by atoms with Crippen molar-refractivity contribution in [3.8, 4) is 22.5 Å². The van der Waals surface area contributed by atoms with Crippen LogP contribution < -0.4 is 30.8 Å². The number of carbonyl (C=O) groups is 2. The van der Waals surface area contributed by atoms with Gasteiger partial charge in [-0.2, -0.15) is 16.8 Å². The SMILES string of the molecule is Cc1cc(C)c(Nc2nc3ccc(S(=O)(=O)Nc4cc(C(=O)O)cc(C(=O)O)c4)cc3s2)c(C)c1N=c1cc2oc3cc(Nc4c(C)cc(C)c(Nc5nc6ccc(S(=O)(=O)Nc7ccccc7)cc6s5)c4C)ccc3c(-c3ccccc3S(=O)(=O)O)c-2cc1S(=O)(=O)O. The maximum absolute atomic E-state index is 13.6. The number of rotatable bonds is 18. The third-order valence-electron chi connectivity index (χ3n) is 15.4. The quantitative estimate of drug-likeness (QED) is 0.0285. The van der Waals surface area contributed by atoms with Crippen molar-refractivity contribution in [2.75, 3.05) is 25.4 Å². The van der Waals surface area contributed by atoms with Gasteiger partial charge in [0.05, 0.1) is 58.1 Å². The molecule has 0 unspecified atom stereocenters. The van der Waals surface area contributed by atoms with E-state index < -0.39 is 73.1 Å². The predicted octanol–water partition coefficient (Wildman–Crippen LogP) is 14.2. The molecule has 8 aromatic carbocycles. The second-order valence-corrected chi connectivity index (χ2v) is 30.2. The molecule has 23 nitrogen and oxygen atoms in total. The van der Waals surface area contributed by atoms with Crippen molar-refractivity contribution < 1.29 is 67.0 Å². The zero-order chi connectivity index (χ0) is 67.1. The van der Waals surface area contributed by atoms with Crippen LogP contribution in [0.1, 0.15) is 54.1 Å². The molecule has 94 heavy (non-hydrogen) atoms. The monoisotopic (exact) mass is 1380 g/mol. The lowest BCUT2D eigenvalue weighted by Crippen LogP contribution is -2.16. The number of carboxylic acids is 2. The van der Waals surface area contributed by atoms with Crippen LogP contribution in [-0.4, -0.2) is 74.9 Å². The zero-order valence-corrected chi connectivity index (χ0v) is 54.9. The lowest BCUT2D eigenvalue weighted by molar-refractivity contribution is 0.0696. The van der Waals surface area contributed by atoms with Crippen molar-refractivity contribution in [1.29, 1.82) is 0 Å². The highest BCUT2D eigenvalue weighted by atomic mass is 32.2. The number of aromatic nitrogens is 2. The molecule has 9 N–H and O–H groups in total. The van der Waals surface area contributed by atoms with Gasteiger partial charge in [0.2, 0.25) is 0 Å². The van der Waals surface area contributed by atoms with Crippen molar-refractivity contribution in [2.45, 2.75) is 61.1 Å². The van der Waals surface area contributed by atoms with E-state index in [-0.39, 0.29) is 59.9 Å². The molecule has 2 aromatic heterocycles. The largest absolute Gasteiger partial charge is 0.478 e. The first kappa shape index (κ1) is 64.0. The van der Waals surface area contributed by atoms with E-state index >= 15 is 0 Å². The second-order valence-electron chi connectivity index (χ2n) is 22.0. The van der Waals surface area contributed by atoms with E-state index in [1.54, 1.807) is 86.6 Å². The Hall–Kier alpha value is -10.1. The average Bonchev–Trinajstić information content (AvgIpc) is 0.965. The Labute approximate surface area is 545 Å². The Balaban J connectivity index is 0.914. The van der Waals surface area contributed by atoms with Crippen LogP contribution in [-0.2, 0) is 40.3 Å². The van der Waals surface area contributed by atoms with Gasteiger partial charge >= 0.3 is 11.9 Å². The summed E-state index contributed by atoms with van der Waals surface area (Å²) in [6.45, 7) is 11.1. The van der Waals surface area contributed by atoms with E-state index in [4.69, 9.17) is 14.4 Å². The highest BCUT2D eigenvalue weighted by molar-refractivity contribution is 7.93. The molecule has 3 heterocycles. The number of carboxylic acid groups (broad SMARTS) is 2. The topological polar surface area (TPSA) is 363 Å². The molecule has 1 aliphatic carbocycles. The molecule has 10 aromatic rings. The van der Waals surface area contributed by atoms with Gasteiger partial charge in [0.1, 0.15) is 21.1 Å². The molecule has 0 fully saturated rings. The van der Waals surface area contributed by atoms with Gasteiger partial charge in [-0.15, -0.1) is 0 Å². The standard InChI is InChI=1S/C65H52N8O15S6/c1-32-22-34(3)60(70-64-68-48-20-17-43(28-53(48)89-64)91(78,79)72-40-12-8-7-9-13-40)36(5)58(32)66-41-16-19-45-51(27-41)88-52-31-50(56(94(85,86)87)30-47(52)57(45)46-14-10-11-15-55(46)93(82,83)84)67-59-33(2)23-35(4)61(37(59)6)71-65-69-49-21-18-44(29-54(49)90-65)92(80,81)73-42-25-38(62(74)75)24-39(26-42)63(76)77/h7-31,66,72-73H,1-6H3,(H,68,70)(H,69,71)(H,74,75)(H,76,77)(H,82,83,84)(H,85,86,87). The molecule has 12 rings (SSSR count). The third kappa shape index (κ3) is 12.6. The van der Waals surface area contributed by atoms with Crippen LogP contribution in [0.2, 0.25) is 0 Å². The highest BCUT2D eigenvalue weighted by Gasteiger charge is 2.29. The van der Waals surface area contributed by atoms with E-state index in [0.717, 1.165) is 58.0 Å². The minimum Gasteiger partial charge on any atom is -0.478 e. The molecule has 0 spiro atoms. The van der Waals surface area contributed by atoms with Gasteiger partial charge in [-0.1, -0.05) is 71.2 Å². The number of thiazole rings is 2. The van der Waals surface area contributed by atoms with Gasteiger partial charge in [0.15, 0.2) is 10.3 Å². The maximum Gasteiger partial charge on any atom is 0.335 e. The van der Waals surface area contributed by atoms with Crippen LogP contribution in [0.15, 0.2) is 181 Å². The van der Waals surface area contributed by atoms with Crippen LogP contribution in [0.3, 0.4) is 0 Å². The van der Waals surface area contributed by atoms with E-state index in [0.29, 0.717) is 70.1 Å². The number of nitrogens with zero attached hydrogens (tertiary/aromatic N) is 3. The number of fused-ring (bicyclic) bond motifs is 4. The molecule has 478 valence electrons. The number of benzene rings is 9. The van der Waals surface area contributed by atoms with E-state index in [1.807, 2.05) is 33.8 Å². The third-order valence-corrected chi connectivity index (χ3v) is 21.8. The summed E-state index contributed by atoms with van der Waals surface area (Å²) in [7, 11) is -18.4. The lowest BCUT2D eigenvalue weighted by Gasteiger charge is -2.21. The predicted molar refractivity (Wildman–Crippen MR) is 362 cm³/mol. The summed E-state index contributed by atoms with van der Waals surface area (Å²) in [6.07, 6.45) is 0. The first-order valence-electron chi connectivity index (χ1n) is 28.1. The van der Waals surface area contributed by atoms with Crippen LogP contribution in [0, 0.1) is 41.5 Å². The number of aromatic carboxylic acids is 2. The summed E-state index contributed by atoms with van der Waals surface area (Å²) in [5.41, 5.74) is 7.48. The first-order chi connectivity index (χ1) is 44.4. The van der Waals surface area contributed by atoms with Gasteiger partial charge in [-0.05, 0) is 166 Å². The van der Waals surface area contributed by atoms with Crippen LogP contribution >= 0.6 is 22.7 Å². The number of sulfonamides is 2. The number of nitrogens with one attached hydrogen (secondary N) is 5. The Morgan fingerprint density at radius 1 is 0.489 bits per heavy atom. The molecule has 0 amide bonds. The molecule has 0 radical (unpaired) electrons. The van der Waals surface area contributed by atoms with Crippen molar-refractivity contribution in [2.24, 2.45) is 4.99 Å². The van der Waals surface area contributed by atoms with E-state index in [2.05, 4.69) is 30.4 Å². The van der Waals surface area contributed by atoms with Crippen LogP contribution in [0.25, 0.3) is 53.9 Å². The van der Waals surface area contributed by atoms with Gasteiger partial charge in [-0.3, -0.25) is 18.5 Å².